The molecule has 0 radical (unpaired) electrons. The summed E-state index contributed by atoms with van der Waals surface area (Å²) in [5.74, 6) is 1.17. The molecule has 1 saturated heterocycles. The number of ether oxygens (including phenoxy) is 1. The van der Waals surface area contributed by atoms with Gasteiger partial charge in [-0.25, -0.2) is 4.98 Å². The minimum Gasteiger partial charge on any atom is -0.422 e. The summed E-state index contributed by atoms with van der Waals surface area (Å²) in [4.78, 5) is 14.3. The molecule has 1 aliphatic rings. The van der Waals surface area contributed by atoms with Crippen LogP contribution in [-0.2, 0) is 17.6 Å². The first kappa shape index (κ1) is 32.3. The van der Waals surface area contributed by atoms with Crippen LogP contribution in [0.25, 0.3) is 11.2 Å². The Hall–Kier alpha value is -5.21. The topological polar surface area (TPSA) is 176 Å². The van der Waals surface area contributed by atoms with Crippen molar-refractivity contribution in [2.24, 2.45) is 0 Å². The van der Waals surface area contributed by atoms with Gasteiger partial charge in [0.15, 0.2) is 29.3 Å². The Morgan fingerprint density at radius 1 is 0.857 bits per heavy atom. The van der Waals surface area contributed by atoms with Gasteiger partial charge >= 0.3 is 0 Å². The van der Waals surface area contributed by atoms with Crippen LogP contribution in [0.4, 0.5) is 11.8 Å². The molecule has 6 aromatic rings. The number of hydrogen-bond acceptors (Lipinski definition) is 12. The highest BCUT2D eigenvalue weighted by atomic mass is 16.6. The molecule has 7 rings (SSSR count). The van der Waals surface area contributed by atoms with Crippen LogP contribution < -0.4 is 10.6 Å². The maximum atomic E-state index is 11.2. The van der Waals surface area contributed by atoms with Crippen LogP contribution in [0.15, 0.2) is 102 Å². The molecule has 0 saturated carbocycles. The summed E-state index contributed by atoms with van der Waals surface area (Å²) in [7, 11) is 0. The van der Waals surface area contributed by atoms with E-state index in [4.69, 9.17) is 19.1 Å². The number of aryl methyl sites for hydroxylation is 1. The van der Waals surface area contributed by atoms with E-state index in [9.17, 15) is 15.3 Å². The van der Waals surface area contributed by atoms with Crippen molar-refractivity contribution in [1.29, 1.82) is 0 Å². The van der Waals surface area contributed by atoms with Crippen molar-refractivity contribution in [2.75, 3.05) is 23.8 Å². The van der Waals surface area contributed by atoms with Crippen molar-refractivity contribution in [1.82, 2.24) is 29.7 Å². The number of aromatic nitrogens is 6. The van der Waals surface area contributed by atoms with Gasteiger partial charge in [-0.1, -0.05) is 97.9 Å². The number of nitrogens with one attached hydrogen (secondary N) is 2. The maximum absolute atomic E-state index is 11.2. The second kappa shape index (κ2) is 14.5. The average Bonchev–Trinajstić information content (AvgIpc) is 3.87. The molecule has 1 unspecified atom stereocenters. The maximum Gasteiger partial charge on any atom is 0.248 e. The molecular weight excluding hydrogens is 624 g/mol. The molecule has 4 heterocycles. The minimum absolute atomic E-state index is 0.00695. The van der Waals surface area contributed by atoms with Crippen molar-refractivity contribution in [3.8, 4) is 0 Å². The fourth-order valence-electron chi connectivity index (χ4n) is 6.15. The van der Waals surface area contributed by atoms with E-state index >= 15 is 0 Å². The third kappa shape index (κ3) is 6.87. The van der Waals surface area contributed by atoms with Gasteiger partial charge in [0.1, 0.15) is 12.2 Å². The number of nitrogens with zero attached hydrogens (tertiary/aromatic N) is 6. The lowest BCUT2D eigenvalue weighted by Gasteiger charge is -2.21. The molecule has 13 nitrogen and oxygen atoms in total. The van der Waals surface area contributed by atoms with Gasteiger partial charge < -0.3 is 35.1 Å². The molecule has 0 amide bonds. The summed E-state index contributed by atoms with van der Waals surface area (Å²) < 4.78 is 13.4. The van der Waals surface area contributed by atoms with Gasteiger partial charge in [-0.15, -0.1) is 10.2 Å². The molecule has 5 atom stereocenters. The zero-order valence-electron chi connectivity index (χ0n) is 26.9. The van der Waals surface area contributed by atoms with Gasteiger partial charge in [-0.3, -0.25) is 4.57 Å². The Morgan fingerprint density at radius 3 is 2.16 bits per heavy atom. The fraction of sp³-hybridized carbons (Fsp3) is 0.306. The van der Waals surface area contributed by atoms with Crippen molar-refractivity contribution >= 4 is 22.9 Å². The number of imidazole rings is 1. The van der Waals surface area contributed by atoms with Crippen molar-refractivity contribution in [3.63, 3.8) is 0 Å². The van der Waals surface area contributed by atoms with E-state index in [1.165, 1.54) is 6.33 Å². The lowest BCUT2D eigenvalue weighted by Crippen LogP contribution is -2.29. The molecule has 0 aliphatic carbocycles. The molecule has 3 aromatic carbocycles. The zero-order valence-corrected chi connectivity index (χ0v) is 26.9. The van der Waals surface area contributed by atoms with E-state index < -0.39 is 30.6 Å². The predicted molar refractivity (Wildman–Crippen MR) is 182 cm³/mol. The quantitative estimate of drug-likeness (QED) is 0.120. The van der Waals surface area contributed by atoms with Gasteiger partial charge in [-0.05, 0) is 23.1 Å². The predicted octanol–water partition coefficient (Wildman–Crippen LogP) is 4.02. The Labute approximate surface area is 282 Å². The average molecular weight is 663 g/mol. The van der Waals surface area contributed by atoms with Crippen molar-refractivity contribution in [2.45, 2.75) is 56.3 Å². The molecule has 252 valence electrons. The number of hydrogen-bond donors (Lipinski definition) is 5. The highest BCUT2D eigenvalue weighted by molar-refractivity contribution is 5.84. The van der Waals surface area contributed by atoms with Gasteiger partial charge in [-0.2, -0.15) is 9.97 Å². The van der Waals surface area contributed by atoms with E-state index in [1.807, 2.05) is 73.7 Å². The molecule has 13 heteroatoms. The lowest BCUT2D eigenvalue weighted by atomic mass is 9.91. The second-order valence-corrected chi connectivity index (χ2v) is 12.0. The van der Waals surface area contributed by atoms with E-state index in [0.29, 0.717) is 42.3 Å². The molecule has 0 spiro atoms. The molecule has 3 aromatic heterocycles. The first-order chi connectivity index (χ1) is 24.0. The van der Waals surface area contributed by atoms with E-state index in [1.54, 1.807) is 4.57 Å². The molecule has 0 bridgehead atoms. The van der Waals surface area contributed by atoms with E-state index in [-0.39, 0.29) is 24.4 Å². The zero-order chi connectivity index (χ0) is 33.7. The Kier molecular flexibility index (Phi) is 9.57. The fourth-order valence-corrected chi connectivity index (χ4v) is 6.15. The Morgan fingerprint density at radius 2 is 1.53 bits per heavy atom. The van der Waals surface area contributed by atoms with Crippen molar-refractivity contribution < 1.29 is 24.5 Å². The minimum atomic E-state index is -1.36. The van der Waals surface area contributed by atoms with Crippen LogP contribution in [0.3, 0.4) is 0 Å². The molecule has 49 heavy (non-hydrogen) atoms. The van der Waals surface area contributed by atoms with Gasteiger partial charge in [0.2, 0.25) is 17.7 Å². The summed E-state index contributed by atoms with van der Waals surface area (Å²) >= 11 is 0. The highest BCUT2D eigenvalue weighted by Gasteiger charge is 2.47. The van der Waals surface area contributed by atoms with Gasteiger partial charge in [0.25, 0.3) is 0 Å². The number of rotatable bonds is 13. The third-order valence-electron chi connectivity index (χ3n) is 8.72. The van der Waals surface area contributed by atoms with Crippen LogP contribution in [0.5, 0.6) is 0 Å². The van der Waals surface area contributed by atoms with Gasteiger partial charge in [0.05, 0.1) is 19.0 Å². The van der Waals surface area contributed by atoms with E-state index in [0.717, 1.165) is 16.7 Å². The van der Waals surface area contributed by atoms with Crippen LogP contribution in [0, 0.1) is 0 Å². The van der Waals surface area contributed by atoms with Crippen molar-refractivity contribution in [3.05, 3.63) is 126 Å². The number of anilines is 2. The summed E-state index contributed by atoms with van der Waals surface area (Å²) in [6.07, 6.45) is -2.26. The third-order valence-corrected chi connectivity index (χ3v) is 8.72. The number of aliphatic hydroxyl groups excluding tert-OH is 3. The van der Waals surface area contributed by atoms with Crippen LogP contribution >= 0.6 is 0 Å². The van der Waals surface area contributed by atoms with Crippen LogP contribution in [0.1, 0.15) is 53.6 Å². The molecule has 1 aliphatic heterocycles. The first-order valence-electron chi connectivity index (χ1n) is 16.4. The van der Waals surface area contributed by atoms with Crippen LogP contribution in [-0.4, -0.2) is 76.4 Å². The monoisotopic (exact) mass is 662 g/mol. The largest absolute Gasteiger partial charge is 0.422 e. The SMILES string of the molecule is CCc1nnc([C@H]2O[C@@H](n3cnc4c(NCC(c5ccccc5)c5ccccc5)nc(NC(CO)Cc5ccccc5)nc43)[C@H](O)[C@@H]2O)o1. The summed E-state index contributed by atoms with van der Waals surface area (Å²) in [6.45, 7) is 2.20. The molecule has 1 fully saturated rings. The Balaban J connectivity index is 1.24. The lowest BCUT2D eigenvalue weighted by molar-refractivity contribution is -0.0439. The van der Waals surface area contributed by atoms with Gasteiger partial charge in [0, 0.05) is 18.9 Å². The summed E-state index contributed by atoms with van der Waals surface area (Å²) in [6, 6.07) is 29.9. The summed E-state index contributed by atoms with van der Waals surface area (Å²) in [5, 5.41) is 47.3. The molecule has 5 N–H and O–H groups in total. The highest BCUT2D eigenvalue weighted by Crippen LogP contribution is 2.40. The number of benzene rings is 3. The molecular formula is C36H38N8O5. The smallest absolute Gasteiger partial charge is 0.248 e. The Bertz CT molecular complexity index is 1920. The van der Waals surface area contributed by atoms with Crippen LogP contribution in [0.2, 0.25) is 0 Å². The standard InChI is InChI=1S/C36H38N8O5/c1-2-27-42-43-34(48-27)31-29(46)30(47)35(49-31)44-21-38-28-32(37-19-26(23-14-8-4-9-15-23)24-16-10-5-11-17-24)40-36(41-33(28)44)39-25(20-45)18-22-12-6-3-7-13-22/h3-17,21,25-26,29-31,35,45-47H,2,18-20H2,1H3,(H2,37,39,40,41)/t25?,29-,30+,31-,35+/m0/s1. The first-order valence-corrected chi connectivity index (χ1v) is 16.4. The second-order valence-electron chi connectivity index (χ2n) is 12.0. The summed E-state index contributed by atoms with van der Waals surface area (Å²) in [5.41, 5.74) is 4.10. The number of aliphatic hydroxyl groups is 3. The normalized spacial score (nSPS) is 19.8. The van der Waals surface area contributed by atoms with E-state index in [2.05, 4.69) is 50.1 Å². The number of fused-ring (bicyclic) bond motifs is 1.